The summed E-state index contributed by atoms with van der Waals surface area (Å²) in [6, 6.07) is 6.47. The molecule has 0 aliphatic heterocycles. The average molecular weight is 676 g/mol. The number of aliphatic hydroxyl groups is 1. The minimum atomic E-state index is -3.18. The molecule has 1 fully saturated rings. The van der Waals surface area contributed by atoms with Gasteiger partial charge in [0.2, 0.25) is 0 Å². The van der Waals surface area contributed by atoms with Crippen LogP contribution < -0.4 is 19.1 Å². The quantitative estimate of drug-likeness (QED) is 0.176. The maximum absolute atomic E-state index is 15.5. The number of hydrogen-bond donors (Lipinski definition) is 2. The molecule has 1 amide bonds. The molecule has 1 aliphatic carbocycles. The van der Waals surface area contributed by atoms with Crippen LogP contribution in [0.1, 0.15) is 19.3 Å². The minimum Gasteiger partial charge on any atom is -0.495 e. The van der Waals surface area contributed by atoms with Crippen molar-refractivity contribution in [2.24, 2.45) is 0 Å². The summed E-state index contributed by atoms with van der Waals surface area (Å²) in [5.74, 6) is -3.82. The van der Waals surface area contributed by atoms with E-state index >= 15 is 4.39 Å². The summed E-state index contributed by atoms with van der Waals surface area (Å²) < 4.78 is 61.6. The second kappa shape index (κ2) is 12.7. The van der Waals surface area contributed by atoms with E-state index in [2.05, 4.69) is 19.9 Å². The Labute approximate surface area is 268 Å². The van der Waals surface area contributed by atoms with Crippen molar-refractivity contribution in [3.8, 4) is 28.1 Å². The molecule has 2 aromatic carbocycles. The molecule has 1 aliphatic rings. The smallest absolute Gasteiger partial charge is 0.412 e. The van der Waals surface area contributed by atoms with Crippen molar-refractivity contribution < 1.29 is 42.4 Å². The van der Waals surface area contributed by atoms with Crippen molar-refractivity contribution >= 4 is 55.8 Å². The number of aliphatic hydroxyl groups excluding tert-OH is 1. The highest BCUT2D eigenvalue weighted by molar-refractivity contribution is 7.21. The van der Waals surface area contributed by atoms with E-state index in [0.29, 0.717) is 42.5 Å². The number of hydrogen-bond acceptors (Lipinski definition) is 10. The molecule has 11 nitrogen and oxygen atoms in total. The van der Waals surface area contributed by atoms with Gasteiger partial charge in [-0.3, -0.25) is 9.88 Å². The number of benzene rings is 2. The SMILES string of the molecule is COc1cnc2c(-c3nc4cc(F)c(O[C@H]5CC(F)(F)CC[C@H]5N(C(=O)O)c5cnc(OCCO)nc5)cc4s3)cc(Cl)cc2c1. The van der Waals surface area contributed by atoms with Crippen molar-refractivity contribution in [1.29, 1.82) is 0 Å². The molecule has 240 valence electrons. The molecule has 46 heavy (non-hydrogen) atoms. The summed E-state index contributed by atoms with van der Waals surface area (Å²) in [4.78, 5) is 30.2. The molecule has 3 heterocycles. The number of pyridine rings is 1. The molecule has 2 N–H and O–H groups in total. The number of thiazole rings is 1. The molecule has 3 aromatic heterocycles. The number of alkyl halides is 2. The van der Waals surface area contributed by atoms with Gasteiger partial charge in [-0.1, -0.05) is 11.6 Å². The second-order valence-corrected chi connectivity index (χ2v) is 11.9. The molecule has 16 heteroatoms. The number of nitrogens with zero attached hydrogens (tertiary/aromatic N) is 5. The third kappa shape index (κ3) is 6.43. The van der Waals surface area contributed by atoms with Crippen molar-refractivity contribution in [2.75, 3.05) is 25.2 Å². The maximum atomic E-state index is 15.5. The molecule has 0 radical (unpaired) electrons. The Balaban J connectivity index is 1.33. The molecule has 1 saturated carbocycles. The predicted molar refractivity (Wildman–Crippen MR) is 164 cm³/mol. The summed E-state index contributed by atoms with van der Waals surface area (Å²) in [5.41, 5.74) is 1.48. The monoisotopic (exact) mass is 675 g/mol. The van der Waals surface area contributed by atoms with E-state index in [9.17, 15) is 18.7 Å². The van der Waals surface area contributed by atoms with E-state index in [1.54, 1.807) is 24.4 Å². The van der Waals surface area contributed by atoms with E-state index in [-0.39, 0.29) is 37.1 Å². The Kier molecular flexibility index (Phi) is 8.72. The van der Waals surface area contributed by atoms with Crippen molar-refractivity contribution in [1.82, 2.24) is 19.9 Å². The van der Waals surface area contributed by atoms with Crippen LogP contribution in [0.3, 0.4) is 0 Å². The summed E-state index contributed by atoms with van der Waals surface area (Å²) in [7, 11) is 1.52. The van der Waals surface area contributed by atoms with Gasteiger partial charge >= 0.3 is 12.1 Å². The molecular formula is C30H25ClF3N5O6S. The van der Waals surface area contributed by atoms with E-state index in [1.807, 2.05) is 0 Å². The number of carbonyl (C=O) groups is 1. The van der Waals surface area contributed by atoms with Gasteiger partial charge in [0.1, 0.15) is 23.5 Å². The Bertz CT molecular complexity index is 1910. The van der Waals surface area contributed by atoms with Crippen LogP contribution in [0.4, 0.5) is 23.7 Å². The number of amides is 1. The van der Waals surface area contributed by atoms with E-state index in [0.717, 1.165) is 23.4 Å². The van der Waals surface area contributed by atoms with Crippen LogP contribution in [-0.2, 0) is 0 Å². The first-order chi connectivity index (χ1) is 22.0. The highest BCUT2D eigenvalue weighted by atomic mass is 35.5. The number of ether oxygens (including phenoxy) is 3. The van der Waals surface area contributed by atoms with Crippen molar-refractivity contribution in [3.63, 3.8) is 0 Å². The Morgan fingerprint density at radius 1 is 1.15 bits per heavy atom. The third-order valence-corrected chi connectivity index (χ3v) is 8.67. The van der Waals surface area contributed by atoms with E-state index < -0.39 is 42.8 Å². The normalized spacial score (nSPS) is 17.6. The summed E-state index contributed by atoms with van der Waals surface area (Å²) in [5, 5.41) is 20.6. The zero-order valence-corrected chi connectivity index (χ0v) is 25.6. The lowest BCUT2D eigenvalue weighted by Gasteiger charge is -2.40. The Morgan fingerprint density at radius 3 is 2.65 bits per heavy atom. The topological polar surface area (TPSA) is 140 Å². The minimum absolute atomic E-state index is 0.0179. The number of carboxylic acid groups (broad SMARTS) is 1. The highest BCUT2D eigenvalue weighted by Crippen LogP contribution is 2.42. The van der Waals surface area contributed by atoms with Gasteiger partial charge in [0.15, 0.2) is 11.6 Å². The largest absolute Gasteiger partial charge is 0.495 e. The number of halogens is 4. The Morgan fingerprint density at radius 2 is 1.93 bits per heavy atom. The summed E-state index contributed by atoms with van der Waals surface area (Å²) in [6.45, 7) is -0.355. The van der Waals surface area contributed by atoms with Crippen molar-refractivity contribution in [2.45, 2.75) is 37.3 Å². The summed E-state index contributed by atoms with van der Waals surface area (Å²) in [6.07, 6.45) is -0.745. The van der Waals surface area contributed by atoms with Crippen LogP contribution in [0.2, 0.25) is 5.02 Å². The van der Waals surface area contributed by atoms with Crippen LogP contribution in [0.25, 0.3) is 31.7 Å². The van der Waals surface area contributed by atoms with Crippen LogP contribution in [0, 0.1) is 5.82 Å². The molecule has 0 unspecified atom stereocenters. The van der Waals surface area contributed by atoms with Gasteiger partial charge in [-0.25, -0.2) is 32.9 Å². The van der Waals surface area contributed by atoms with Crippen LogP contribution in [0.15, 0.2) is 48.9 Å². The molecule has 0 bridgehead atoms. The van der Waals surface area contributed by atoms with Gasteiger partial charge < -0.3 is 24.4 Å². The van der Waals surface area contributed by atoms with E-state index in [4.69, 9.17) is 30.9 Å². The fraction of sp³-hybridized carbons (Fsp3) is 0.300. The first kappa shape index (κ1) is 31.5. The average Bonchev–Trinajstić information content (AvgIpc) is 3.43. The van der Waals surface area contributed by atoms with Gasteiger partial charge in [-0.2, -0.15) is 0 Å². The van der Waals surface area contributed by atoms with Crippen LogP contribution >= 0.6 is 22.9 Å². The second-order valence-electron chi connectivity index (χ2n) is 10.4. The highest BCUT2D eigenvalue weighted by Gasteiger charge is 2.47. The van der Waals surface area contributed by atoms with Crippen LogP contribution in [-0.4, -0.2) is 74.6 Å². The number of fused-ring (bicyclic) bond motifs is 2. The lowest BCUT2D eigenvalue weighted by molar-refractivity contribution is -0.0769. The maximum Gasteiger partial charge on any atom is 0.412 e. The Hall–Kier alpha value is -4.47. The molecule has 6 rings (SSSR count). The first-order valence-corrected chi connectivity index (χ1v) is 15.1. The molecular weight excluding hydrogens is 651 g/mol. The van der Waals surface area contributed by atoms with Gasteiger partial charge in [-0.15, -0.1) is 11.3 Å². The molecule has 0 saturated heterocycles. The van der Waals surface area contributed by atoms with Crippen molar-refractivity contribution in [3.05, 3.63) is 59.8 Å². The number of aromatic nitrogens is 4. The fourth-order valence-corrected chi connectivity index (χ4v) is 6.57. The van der Waals surface area contributed by atoms with Gasteiger partial charge in [0, 0.05) is 34.5 Å². The molecule has 2 atom stereocenters. The fourth-order valence-electron chi connectivity index (χ4n) is 5.35. The van der Waals surface area contributed by atoms with Gasteiger partial charge in [0.05, 0.1) is 66.2 Å². The number of rotatable bonds is 9. The lowest BCUT2D eigenvalue weighted by Crippen LogP contribution is -2.54. The number of methoxy groups -OCH3 is 1. The standard InChI is InChI=1S/C30H25ClF3N5O6S/c1-43-18-7-15-6-16(31)8-19(26(15)35-14-18)27-38-21-9-20(32)23(10-25(21)46-27)45-24-11-30(33,34)3-2-22(24)39(29(41)42)17-12-36-28(37-13-17)44-5-4-40/h6-10,12-14,22,24,40H,2-5,11H2,1H3,(H,41,42)/t22-,24+/m1/s1. The molecule has 5 aromatic rings. The zero-order chi connectivity index (χ0) is 32.6. The first-order valence-electron chi connectivity index (χ1n) is 13.9. The lowest BCUT2D eigenvalue weighted by atomic mass is 9.88. The van der Waals surface area contributed by atoms with Gasteiger partial charge in [-0.05, 0) is 24.6 Å². The van der Waals surface area contributed by atoms with E-state index in [1.165, 1.54) is 24.5 Å². The summed E-state index contributed by atoms with van der Waals surface area (Å²) >= 11 is 7.58. The number of anilines is 1. The predicted octanol–water partition coefficient (Wildman–Crippen LogP) is 6.59. The van der Waals surface area contributed by atoms with Crippen LogP contribution in [0.5, 0.6) is 17.5 Å². The third-order valence-electron chi connectivity index (χ3n) is 7.40. The molecule has 0 spiro atoms. The zero-order valence-electron chi connectivity index (χ0n) is 24.0. The van der Waals surface area contributed by atoms with Gasteiger partial charge in [0.25, 0.3) is 5.92 Å².